The van der Waals surface area contributed by atoms with E-state index in [0.29, 0.717) is 17.5 Å². The van der Waals surface area contributed by atoms with Crippen molar-refractivity contribution in [2.45, 2.75) is 23.8 Å². The number of thiazole rings is 1. The van der Waals surface area contributed by atoms with Crippen molar-refractivity contribution < 1.29 is 4.42 Å². The first kappa shape index (κ1) is 15.8. The lowest BCUT2D eigenvalue weighted by atomic mass is 10.1. The highest BCUT2D eigenvalue weighted by Crippen LogP contribution is 2.51. The van der Waals surface area contributed by atoms with Gasteiger partial charge in [0, 0.05) is 5.38 Å². The Morgan fingerprint density at radius 3 is 2.35 bits per heavy atom. The van der Waals surface area contributed by atoms with E-state index in [1.54, 1.807) is 23.1 Å². The average Bonchev–Trinajstić information content (AvgIpc) is 3.36. The average molecular weight is 377 g/mol. The molecule has 1 aliphatic rings. The summed E-state index contributed by atoms with van der Waals surface area (Å²) in [6.45, 7) is 2.00. The normalized spacial score (nSPS) is 13.0. The second kappa shape index (κ2) is 6.37. The Morgan fingerprint density at radius 2 is 1.69 bits per heavy atom. The molecule has 0 N–H and O–H groups in total. The fraction of sp³-hybridized carbons (Fsp3) is 0.150. The summed E-state index contributed by atoms with van der Waals surface area (Å²) in [5.41, 5.74) is 6.16. The van der Waals surface area contributed by atoms with Crippen molar-refractivity contribution in [3.63, 3.8) is 0 Å². The maximum absolute atomic E-state index is 5.89. The summed E-state index contributed by atoms with van der Waals surface area (Å²) in [5.74, 6) is 0.609. The zero-order valence-electron chi connectivity index (χ0n) is 14.0. The van der Waals surface area contributed by atoms with E-state index in [1.807, 2.05) is 12.3 Å². The molecular weight excluding hydrogens is 362 g/mol. The molecule has 0 saturated carbocycles. The van der Waals surface area contributed by atoms with E-state index >= 15 is 0 Å². The zero-order valence-corrected chi connectivity index (χ0v) is 15.7. The van der Waals surface area contributed by atoms with E-state index in [2.05, 4.69) is 63.7 Å². The summed E-state index contributed by atoms with van der Waals surface area (Å²) in [4.78, 5) is 4.46. The van der Waals surface area contributed by atoms with Gasteiger partial charge in [0.05, 0.1) is 22.4 Å². The summed E-state index contributed by atoms with van der Waals surface area (Å²) in [7, 11) is 0. The largest absolute Gasteiger partial charge is 0.416 e. The van der Waals surface area contributed by atoms with Crippen molar-refractivity contribution in [1.29, 1.82) is 0 Å². The molecule has 5 rings (SSSR count). The van der Waals surface area contributed by atoms with Gasteiger partial charge >= 0.3 is 0 Å². The number of hydrogen-bond acceptors (Lipinski definition) is 6. The first-order chi connectivity index (χ1) is 12.8. The van der Waals surface area contributed by atoms with Crippen LogP contribution in [0, 0.1) is 6.92 Å². The highest BCUT2D eigenvalue weighted by Gasteiger charge is 2.30. The maximum Gasteiger partial charge on any atom is 0.277 e. The van der Waals surface area contributed by atoms with Crippen LogP contribution < -0.4 is 0 Å². The summed E-state index contributed by atoms with van der Waals surface area (Å²) < 4.78 is 5.89. The van der Waals surface area contributed by atoms with Crippen LogP contribution in [0.2, 0.25) is 0 Å². The van der Waals surface area contributed by atoms with Crippen LogP contribution >= 0.6 is 23.1 Å². The van der Waals surface area contributed by atoms with E-state index in [9.17, 15) is 0 Å². The van der Waals surface area contributed by atoms with Gasteiger partial charge in [-0.25, -0.2) is 4.98 Å². The minimum Gasteiger partial charge on any atom is -0.416 e. The Balaban J connectivity index is 1.43. The Bertz CT molecular complexity index is 1040. The van der Waals surface area contributed by atoms with Crippen molar-refractivity contribution >= 4 is 23.1 Å². The highest BCUT2D eigenvalue weighted by atomic mass is 32.2. The lowest BCUT2D eigenvalue weighted by Gasteiger charge is -2.09. The molecule has 0 spiro atoms. The van der Waals surface area contributed by atoms with E-state index in [4.69, 9.17) is 4.42 Å². The van der Waals surface area contributed by atoms with Crippen molar-refractivity contribution in [3.8, 4) is 11.1 Å². The van der Waals surface area contributed by atoms with Crippen LogP contribution in [0.3, 0.4) is 0 Å². The van der Waals surface area contributed by atoms with Gasteiger partial charge < -0.3 is 4.42 Å². The molecule has 0 atom stereocenters. The molecule has 0 saturated heterocycles. The Hall–Kier alpha value is -2.44. The summed E-state index contributed by atoms with van der Waals surface area (Å²) in [5, 5.41) is 12.3. The van der Waals surface area contributed by atoms with Gasteiger partial charge in [-0.3, -0.25) is 0 Å². The van der Waals surface area contributed by atoms with E-state index in [-0.39, 0.29) is 5.25 Å². The third-order valence-corrected chi connectivity index (χ3v) is 6.38. The quantitative estimate of drug-likeness (QED) is 0.484. The van der Waals surface area contributed by atoms with Crippen LogP contribution in [0.4, 0.5) is 0 Å². The molecule has 4 nitrogen and oxygen atoms in total. The van der Waals surface area contributed by atoms with Crippen LogP contribution in [-0.4, -0.2) is 15.2 Å². The summed E-state index contributed by atoms with van der Waals surface area (Å²) >= 11 is 3.25. The van der Waals surface area contributed by atoms with Crippen LogP contribution in [0.5, 0.6) is 0 Å². The SMILES string of the molecule is Cc1nc(Cc2nnc(SC3c4ccccc4-c4ccccc43)o2)cs1. The lowest BCUT2D eigenvalue weighted by molar-refractivity contribution is 0.419. The first-order valence-electron chi connectivity index (χ1n) is 8.36. The molecule has 0 unspecified atom stereocenters. The number of aromatic nitrogens is 3. The zero-order chi connectivity index (χ0) is 17.5. The van der Waals surface area contributed by atoms with Gasteiger partial charge in [0.1, 0.15) is 0 Å². The lowest BCUT2D eigenvalue weighted by Crippen LogP contribution is -1.91. The van der Waals surface area contributed by atoms with E-state index in [0.717, 1.165) is 10.7 Å². The molecule has 2 aromatic heterocycles. The number of rotatable bonds is 4. The van der Waals surface area contributed by atoms with Gasteiger partial charge in [0.2, 0.25) is 5.89 Å². The van der Waals surface area contributed by atoms with E-state index < -0.39 is 0 Å². The minimum atomic E-state index is 0.178. The fourth-order valence-electron chi connectivity index (χ4n) is 3.34. The van der Waals surface area contributed by atoms with Gasteiger partial charge in [0.25, 0.3) is 5.22 Å². The first-order valence-corrected chi connectivity index (χ1v) is 10.1. The van der Waals surface area contributed by atoms with Crippen LogP contribution in [-0.2, 0) is 6.42 Å². The number of thioether (sulfide) groups is 1. The van der Waals surface area contributed by atoms with Crippen molar-refractivity contribution in [2.75, 3.05) is 0 Å². The smallest absolute Gasteiger partial charge is 0.277 e. The van der Waals surface area contributed by atoms with Crippen molar-refractivity contribution in [2.24, 2.45) is 0 Å². The molecule has 0 fully saturated rings. The predicted octanol–water partition coefficient (Wildman–Crippen LogP) is 5.29. The number of aryl methyl sites for hydroxylation is 1. The molecular formula is C20H15N3OS2. The molecule has 0 bridgehead atoms. The minimum absolute atomic E-state index is 0.178. The van der Waals surface area contributed by atoms with Gasteiger partial charge in [-0.15, -0.1) is 21.5 Å². The molecule has 0 aliphatic heterocycles. The molecule has 128 valence electrons. The van der Waals surface area contributed by atoms with Gasteiger partial charge in [0.15, 0.2) is 0 Å². The standard InChI is InChI=1S/C20H15N3OS2/c1-12-21-13(11-25-12)10-18-22-23-20(24-18)26-19-16-8-4-2-6-14(16)15-7-3-5-9-17(15)19/h2-9,11,19H,10H2,1H3. The molecule has 26 heavy (non-hydrogen) atoms. The molecule has 0 amide bonds. The van der Waals surface area contributed by atoms with Crippen LogP contribution in [0.15, 0.2) is 63.6 Å². The van der Waals surface area contributed by atoms with Crippen molar-refractivity contribution in [1.82, 2.24) is 15.2 Å². The number of nitrogens with zero attached hydrogens (tertiary/aromatic N) is 3. The Labute approximate surface area is 159 Å². The van der Waals surface area contributed by atoms with E-state index in [1.165, 1.54) is 22.3 Å². The number of fused-ring (bicyclic) bond motifs is 3. The molecule has 4 aromatic rings. The third kappa shape index (κ3) is 2.75. The van der Waals surface area contributed by atoms with Crippen molar-refractivity contribution in [3.05, 3.63) is 81.6 Å². The molecule has 0 radical (unpaired) electrons. The predicted molar refractivity (Wildman–Crippen MR) is 104 cm³/mol. The molecule has 2 heterocycles. The third-order valence-electron chi connectivity index (χ3n) is 4.44. The van der Waals surface area contributed by atoms with Crippen LogP contribution in [0.1, 0.15) is 33.0 Å². The summed E-state index contributed by atoms with van der Waals surface area (Å²) in [6, 6.07) is 17.1. The molecule has 6 heteroatoms. The summed E-state index contributed by atoms with van der Waals surface area (Å²) in [6.07, 6.45) is 0.579. The fourth-order valence-corrected chi connectivity index (χ4v) is 5.05. The maximum atomic E-state index is 5.89. The molecule has 2 aromatic carbocycles. The van der Waals surface area contributed by atoms with Gasteiger partial charge in [-0.1, -0.05) is 60.3 Å². The van der Waals surface area contributed by atoms with Gasteiger partial charge in [-0.05, 0) is 29.2 Å². The Morgan fingerprint density at radius 1 is 1.00 bits per heavy atom. The van der Waals surface area contributed by atoms with Gasteiger partial charge in [-0.2, -0.15) is 0 Å². The van der Waals surface area contributed by atoms with Crippen LogP contribution in [0.25, 0.3) is 11.1 Å². The highest BCUT2D eigenvalue weighted by molar-refractivity contribution is 7.99. The number of hydrogen-bond donors (Lipinski definition) is 0. The number of benzene rings is 2. The second-order valence-electron chi connectivity index (χ2n) is 6.17. The Kier molecular flexibility index (Phi) is 3.87. The second-order valence-corrected chi connectivity index (χ2v) is 8.29. The monoisotopic (exact) mass is 377 g/mol. The topological polar surface area (TPSA) is 51.8 Å². The molecule has 1 aliphatic carbocycles.